The first kappa shape index (κ1) is 19.7. The van der Waals surface area contributed by atoms with E-state index in [4.69, 9.17) is 10.5 Å². The Morgan fingerprint density at radius 3 is 2.13 bits per heavy atom. The van der Waals surface area contributed by atoms with Crippen LogP contribution in [0.4, 0.5) is 11.4 Å². The highest BCUT2D eigenvalue weighted by atomic mass is 32.2. The van der Waals surface area contributed by atoms with E-state index in [0.29, 0.717) is 28.1 Å². The average Bonchev–Trinajstić information content (AvgIpc) is 2.98. The second-order valence-corrected chi connectivity index (χ2v) is 8.59. The number of carbonyl (C=O) groups is 2. The van der Waals surface area contributed by atoms with Crippen molar-refractivity contribution in [2.45, 2.75) is 5.75 Å². The number of hydrogen-bond acceptors (Lipinski definition) is 6. The first-order chi connectivity index (χ1) is 14.3. The van der Waals surface area contributed by atoms with Crippen LogP contribution in [0.5, 0.6) is 5.75 Å². The summed E-state index contributed by atoms with van der Waals surface area (Å²) in [5.74, 6) is 0.0733. The van der Waals surface area contributed by atoms with Gasteiger partial charge in [0, 0.05) is 22.4 Å². The Labute approximate surface area is 173 Å². The van der Waals surface area contributed by atoms with E-state index in [0.717, 1.165) is 5.56 Å². The van der Waals surface area contributed by atoms with Gasteiger partial charge in [-0.05, 0) is 29.8 Å². The Morgan fingerprint density at radius 1 is 0.867 bits per heavy atom. The number of methoxy groups -OCH3 is 1. The Balaban J connectivity index is 0.000000168. The molecule has 0 aromatic heterocycles. The van der Waals surface area contributed by atoms with Crippen LogP contribution >= 0.6 is 0 Å². The summed E-state index contributed by atoms with van der Waals surface area (Å²) in [5.41, 5.74) is 9.00. The van der Waals surface area contributed by atoms with Gasteiger partial charge < -0.3 is 10.5 Å². The molecule has 3 aromatic rings. The molecule has 2 heterocycles. The van der Waals surface area contributed by atoms with Gasteiger partial charge in [0.1, 0.15) is 5.75 Å². The summed E-state index contributed by atoms with van der Waals surface area (Å²) in [6.45, 7) is 0. The van der Waals surface area contributed by atoms with Crippen LogP contribution in [-0.2, 0) is 15.8 Å². The van der Waals surface area contributed by atoms with Crippen LogP contribution in [0.2, 0.25) is 0 Å². The van der Waals surface area contributed by atoms with Gasteiger partial charge in [-0.3, -0.25) is 14.3 Å². The molecule has 0 fully saturated rings. The molecule has 0 atom stereocenters. The third kappa shape index (κ3) is 3.42. The minimum Gasteiger partial charge on any atom is -0.495 e. The zero-order valence-corrected chi connectivity index (χ0v) is 16.8. The molecule has 0 radical (unpaired) electrons. The van der Waals surface area contributed by atoms with Crippen LogP contribution in [0.15, 0.2) is 60.7 Å². The number of sulfonamides is 1. The molecule has 152 valence electrons. The van der Waals surface area contributed by atoms with E-state index in [1.54, 1.807) is 48.5 Å². The van der Waals surface area contributed by atoms with E-state index in [9.17, 15) is 18.0 Å². The highest BCUT2D eigenvalue weighted by Crippen LogP contribution is 2.35. The zero-order valence-electron chi connectivity index (χ0n) is 16.0. The molecule has 8 heteroatoms. The smallest absolute Gasteiger partial charge is 0.236 e. The number of anilines is 2. The van der Waals surface area contributed by atoms with Gasteiger partial charge in [0.2, 0.25) is 10.0 Å². The van der Waals surface area contributed by atoms with E-state index in [-0.39, 0.29) is 28.6 Å². The first-order valence-corrected chi connectivity index (χ1v) is 10.7. The fourth-order valence-electron chi connectivity index (χ4n) is 3.48. The zero-order chi connectivity index (χ0) is 21.5. The number of nitrogens with two attached hydrogens (primary N) is 1. The summed E-state index contributed by atoms with van der Waals surface area (Å²) >= 11 is 0. The number of ether oxygens (including phenoxy) is 1. The molecule has 0 spiro atoms. The molecule has 0 unspecified atom stereocenters. The van der Waals surface area contributed by atoms with Gasteiger partial charge in [0.25, 0.3) is 0 Å². The maximum Gasteiger partial charge on any atom is 0.236 e. The van der Waals surface area contributed by atoms with E-state index in [1.165, 1.54) is 7.11 Å². The maximum atomic E-state index is 12.5. The Bertz CT molecular complexity index is 1250. The fourth-order valence-corrected chi connectivity index (χ4v) is 4.67. The van der Waals surface area contributed by atoms with Crippen LogP contribution in [0.1, 0.15) is 37.4 Å². The lowest BCUT2D eigenvalue weighted by atomic mass is 9.83. The van der Waals surface area contributed by atoms with Crippen molar-refractivity contribution in [2.24, 2.45) is 0 Å². The second-order valence-electron chi connectivity index (χ2n) is 6.87. The second kappa shape index (κ2) is 7.31. The minimum atomic E-state index is -3.10. The summed E-state index contributed by atoms with van der Waals surface area (Å²) < 4.78 is 29.7. The van der Waals surface area contributed by atoms with Crippen molar-refractivity contribution in [2.75, 3.05) is 17.6 Å². The van der Waals surface area contributed by atoms with Gasteiger partial charge in [-0.1, -0.05) is 36.4 Å². The summed E-state index contributed by atoms with van der Waals surface area (Å²) in [6, 6.07) is 17.1. The number of carbonyl (C=O) groups excluding carboxylic acids is 2. The number of fused-ring (bicyclic) bond motifs is 6. The predicted molar refractivity (Wildman–Crippen MR) is 113 cm³/mol. The third-order valence-corrected chi connectivity index (χ3v) is 6.16. The van der Waals surface area contributed by atoms with Gasteiger partial charge in [-0.25, -0.2) is 8.42 Å². The summed E-state index contributed by atoms with van der Waals surface area (Å²) in [4.78, 5) is 24.8. The molecule has 7 nitrogen and oxygen atoms in total. The van der Waals surface area contributed by atoms with Crippen molar-refractivity contribution in [3.63, 3.8) is 0 Å². The SMILES string of the molecule is COc1ccc2c(c1N)C(=O)c1ccccc1C2=O.O=S1(=O)Cc2ccc(cc2)N1. The van der Waals surface area contributed by atoms with Gasteiger partial charge in [0.15, 0.2) is 11.6 Å². The molecule has 30 heavy (non-hydrogen) atoms. The van der Waals surface area contributed by atoms with Crippen LogP contribution in [0.3, 0.4) is 0 Å². The molecule has 0 saturated heterocycles. The van der Waals surface area contributed by atoms with E-state index >= 15 is 0 Å². The van der Waals surface area contributed by atoms with E-state index in [1.807, 2.05) is 12.1 Å². The van der Waals surface area contributed by atoms with Crippen molar-refractivity contribution in [1.82, 2.24) is 0 Å². The molecule has 0 amide bonds. The predicted octanol–water partition coefficient (Wildman–Crippen LogP) is 2.99. The van der Waals surface area contributed by atoms with Crippen molar-refractivity contribution in [1.29, 1.82) is 0 Å². The van der Waals surface area contributed by atoms with Gasteiger partial charge >= 0.3 is 0 Å². The molecular formula is C22H18N2O5S. The molecule has 2 bridgehead atoms. The quantitative estimate of drug-likeness (QED) is 0.456. The average molecular weight is 422 g/mol. The molecule has 3 N–H and O–H groups in total. The first-order valence-electron chi connectivity index (χ1n) is 9.05. The molecule has 6 rings (SSSR count). The summed E-state index contributed by atoms with van der Waals surface area (Å²) in [7, 11) is -1.63. The Morgan fingerprint density at radius 2 is 1.50 bits per heavy atom. The normalized spacial score (nSPS) is 15.1. The lowest BCUT2D eigenvalue weighted by Crippen LogP contribution is -2.22. The van der Waals surface area contributed by atoms with Gasteiger partial charge in [0.05, 0.1) is 24.1 Å². The van der Waals surface area contributed by atoms with Crippen molar-refractivity contribution >= 4 is 33.0 Å². The van der Waals surface area contributed by atoms with Crippen LogP contribution in [-0.4, -0.2) is 27.1 Å². The molecule has 1 aliphatic carbocycles. The lowest BCUT2D eigenvalue weighted by molar-refractivity contribution is 0.0979. The van der Waals surface area contributed by atoms with Crippen LogP contribution < -0.4 is 15.2 Å². The highest BCUT2D eigenvalue weighted by Gasteiger charge is 2.32. The number of hydrogen-bond donors (Lipinski definition) is 2. The topological polar surface area (TPSA) is 116 Å². The molecule has 3 aromatic carbocycles. The number of ketones is 2. The molecule has 2 aliphatic heterocycles. The van der Waals surface area contributed by atoms with Crippen LogP contribution in [0, 0.1) is 0 Å². The van der Waals surface area contributed by atoms with Crippen molar-refractivity contribution in [3.05, 3.63) is 88.5 Å². The summed E-state index contributed by atoms with van der Waals surface area (Å²) in [5, 5.41) is 0. The highest BCUT2D eigenvalue weighted by molar-refractivity contribution is 7.91. The minimum absolute atomic E-state index is 0.0868. The van der Waals surface area contributed by atoms with Crippen molar-refractivity contribution in [3.8, 4) is 5.75 Å². The number of nitrogens with one attached hydrogen (secondary N) is 1. The fraction of sp³-hybridized carbons (Fsp3) is 0.0909. The van der Waals surface area contributed by atoms with Crippen molar-refractivity contribution < 1.29 is 22.7 Å². The van der Waals surface area contributed by atoms with Crippen LogP contribution in [0.25, 0.3) is 0 Å². The standard InChI is InChI=1S/C15H11NO3.C7H7NO2S/c1-19-11-7-6-10-12(13(11)16)15(18)9-5-3-2-4-8(9)14(10)17;9-11(10)5-6-1-3-7(8-11)4-2-6/h2-7H,16H2,1H3;1-4,8H,5H2. The Hall–Kier alpha value is -3.65. The lowest BCUT2D eigenvalue weighted by Gasteiger charge is -2.19. The largest absolute Gasteiger partial charge is 0.495 e. The number of benzene rings is 3. The van der Waals surface area contributed by atoms with Gasteiger partial charge in [-0.2, -0.15) is 0 Å². The van der Waals surface area contributed by atoms with Gasteiger partial charge in [-0.15, -0.1) is 0 Å². The summed E-state index contributed by atoms with van der Waals surface area (Å²) in [6.07, 6.45) is 0. The maximum absolute atomic E-state index is 12.5. The molecule has 0 saturated carbocycles. The molecular weight excluding hydrogens is 404 g/mol. The third-order valence-electron chi connectivity index (χ3n) is 4.90. The molecule has 3 aliphatic rings. The van der Waals surface area contributed by atoms with E-state index < -0.39 is 10.0 Å². The Kier molecular flexibility index (Phi) is 4.79. The number of nitrogen functional groups attached to an aromatic ring is 1. The monoisotopic (exact) mass is 422 g/mol. The number of rotatable bonds is 1. The van der Waals surface area contributed by atoms with E-state index in [2.05, 4.69) is 4.72 Å².